The molecular weight excluding hydrogens is 627 g/mol. The summed E-state index contributed by atoms with van der Waals surface area (Å²) in [6.07, 6.45) is -4.81. The fourth-order valence-electron chi connectivity index (χ4n) is 6.88. The molecule has 2 aliphatic heterocycles. The second-order valence-electron chi connectivity index (χ2n) is 12.9. The first-order chi connectivity index (χ1) is 22.9. The number of hydrogen-bond donors (Lipinski definition) is 1. The Hall–Kier alpha value is -4.26. The van der Waals surface area contributed by atoms with Gasteiger partial charge in [0.2, 0.25) is 5.88 Å². The van der Waals surface area contributed by atoms with Gasteiger partial charge in [0.1, 0.15) is 11.4 Å². The number of fused-ring (bicyclic) bond motifs is 1. The molecule has 2 saturated heterocycles. The van der Waals surface area contributed by atoms with Gasteiger partial charge in [-0.3, -0.25) is 0 Å². The van der Waals surface area contributed by atoms with Gasteiger partial charge in [-0.25, -0.2) is 4.98 Å². The molecule has 3 aromatic carbocycles. The highest BCUT2D eigenvalue weighted by molar-refractivity contribution is 5.85. The Kier molecular flexibility index (Phi) is 9.10. The van der Waals surface area contributed by atoms with Crippen LogP contribution in [0.4, 0.5) is 18.9 Å². The van der Waals surface area contributed by atoms with Gasteiger partial charge in [-0.1, -0.05) is 24.3 Å². The number of rotatable bonds is 12. The largest absolute Gasteiger partial charge is 0.573 e. The lowest BCUT2D eigenvalue weighted by atomic mass is 9.71. The van der Waals surface area contributed by atoms with Crippen molar-refractivity contribution in [1.82, 2.24) is 9.88 Å². The van der Waals surface area contributed by atoms with Gasteiger partial charge in [-0.05, 0) is 68.5 Å². The van der Waals surface area contributed by atoms with E-state index in [1.165, 1.54) is 39.5 Å². The first kappa shape index (κ1) is 33.6. The molecule has 48 heavy (non-hydrogen) atoms. The van der Waals surface area contributed by atoms with Gasteiger partial charge in [0, 0.05) is 41.8 Å². The molecule has 6 rings (SSSR count). The summed E-state index contributed by atoms with van der Waals surface area (Å²) in [4.78, 5) is 9.08. The predicted molar refractivity (Wildman–Crippen MR) is 175 cm³/mol. The molecule has 0 amide bonds. The molecule has 256 valence electrons. The summed E-state index contributed by atoms with van der Waals surface area (Å²) in [6.45, 7) is 3.73. The van der Waals surface area contributed by atoms with Crippen LogP contribution in [0, 0.1) is 5.41 Å². The summed E-state index contributed by atoms with van der Waals surface area (Å²) in [5, 5.41) is 13.9. The molecule has 9 nitrogen and oxygen atoms in total. The van der Waals surface area contributed by atoms with Crippen LogP contribution in [-0.4, -0.2) is 89.6 Å². The maximum absolute atomic E-state index is 13.4. The van der Waals surface area contributed by atoms with Crippen molar-refractivity contribution >= 4 is 16.6 Å². The lowest BCUT2D eigenvalue weighted by molar-refractivity contribution is -0.274. The van der Waals surface area contributed by atoms with Crippen LogP contribution in [0.15, 0.2) is 66.7 Å². The quantitative estimate of drug-likeness (QED) is 0.197. The number of para-hydroxylation sites is 1. The fourth-order valence-corrected chi connectivity index (χ4v) is 6.88. The standard InChI is InChI=1S/C36H40F3N3O6/c1-41(2)15-14-35(43,24-8-6-9-26(18-24)48-36(37,38)39)31(27-10-7-11-30(44-3)32(27)45-4)28-17-23-16-25(12-13-29(23)40-33(28)46-5)42-19-34(20-42)21-47-22-34/h6-13,16-18,31,43H,14-15,19-22H2,1-5H3. The lowest BCUT2D eigenvalue weighted by Gasteiger charge is -2.56. The molecule has 1 N–H and O–H groups in total. The minimum Gasteiger partial charge on any atom is -0.493 e. The Morgan fingerprint density at radius 3 is 2.31 bits per heavy atom. The van der Waals surface area contributed by atoms with E-state index in [9.17, 15) is 18.3 Å². The van der Waals surface area contributed by atoms with E-state index in [1.807, 2.05) is 43.3 Å². The van der Waals surface area contributed by atoms with E-state index in [2.05, 4.69) is 15.7 Å². The molecule has 2 fully saturated rings. The van der Waals surface area contributed by atoms with Gasteiger partial charge < -0.3 is 38.6 Å². The fraction of sp³-hybridized carbons (Fsp3) is 0.417. The monoisotopic (exact) mass is 667 g/mol. The first-order valence-corrected chi connectivity index (χ1v) is 15.6. The van der Waals surface area contributed by atoms with Crippen LogP contribution in [0.5, 0.6) is 23.1 Å². The second-order valence-corrected chi connectivity index (χ2v) is 12.9. The summed E-state index contributed by atoms with van der Waals surface area (Å²) in [5.41, 5.74) is 1.38. The highest BCUT2D eigenvalue weighted by Crippen LogP contribution is 2.52. The zero-order chi connectivity index (χ0) is 34.3. The third kappa shape index (κ3) is 6.44. The number of halogens is 3. The van der Waals surface area contributed by atoms with E-state index < -0.39 is 23.6 Å². The van der Waals surface area contributed by atoms with Gasteiger partial charge in [-0.15, -0.1) is 13.2 Å². The van der Waals surface area contributed by atoms with Crippen LogP contribution in [0.1, 0.15) is 29.0 Å². The van der Waals surface area contributed by atoms with Crippen molar-refractivity contribution in [2.75, 3.05) is 73.2 Å². The van der Waals surface area contributed by atoms with E-state index >= 15 is 0 Å². The van der Waals surface area contributed by atoms with Crippen molar-refractivity contribution in [2.24, 2.45) is 5.41 Å². The average Bonchev–Trinajstić information content (AvgIpc) is 3.01. The summed E-state index contributed by atoms with van der Waals surface area (Å²) >= 11 is 0. The molecule has 0 saturated carbocycles. The van der Waals surface area contributed by atoms with Crippen LogP contribution in [0.25, 0.3) is 10.9 Å². The maximum Gasteiger partial charge on any atom is 0.573 e. The van der Waals surface area contributed by atoms with E-state index in [0.29, 0.717) is 34.7 Å². The zero-order valence-corrected chi connectivity index (χ0v) is 27.6. The van der Waals surface area contributed by atoms with Crippen molar-refractivity contribution in [2.45, 2.75) is 24.3 Å². The Morgan fingerprint density at radius 2 is 1.69 bits per heavy atom. The molecule has 4 aromatic rings. The highest BCUT2D eigenvalue weighted by Gasteiger charge is 2.49. The summed E-state index contributed by atoms with van der Waals surface area (Å²) in [5.74, 6) is -0.368. The first-order valence-electron chi connectivity index (χ1n) is 15.6. The zero-order valence-electron chi connectivity index (χ0n) is 27.6. The number of aliphatic hydroxyl groups is 1. The van der Waals surface area contributed by atoms with E-state index in [1.54, 1.807) is 18.2 Å². The molecule has 1 aromatic heterocycles. The number of pyridine rings is 1. The number of methoxy groups -OCH3 is 3. The second kappa shape index (κ2) is 13.0. The van der Waals surface area contributed by atoms with Crippen LogP contribution in [0.2, 0.25) is 0 Å². The van der Waals surface area contributed by atoms with Gasteiger partial charge in [0.25, 0.3) is 0 Å². The van der Waals surface area contributed by atoms with Crippen molar-refractivity contribution in [3.63, 3.8) is 0 Å². The maximum atomic E-state index is 13.4. The Morgan fingerprint density at radius 1 is 0.938 bits per heavy atom. The minimum atomic E-state index is -4.92. The molecule has 2 aliphatic rings. The van der Waals surface area contributed by atoms with E-state index in [4.69, 9.17) is 23.9 Å². The number of benzene rings is 3. The van der Waals surface area contributed by atoms with Crippen LogP contribution < -0.4 is 23.8 Å². The highest BCUT2D eigenvalue weighted by atomic mass is 19.4. The minimum absolute atomic E-state index is 0.111. The molecule has 0 aliphatic carbocycles. The Bertz CT molecular complexity index is 1770. The third-order valence-electron chi connectivity index (χ3n) is 9.26. The Balaban J connectivity index is 1.57. The number of nitrogens with zero attached hydrogens (tertiary/aromatic N) is 3. The van der Waals surface area contributed by atoms with Crippen LogP contribution >= 0.6 is 0 Å². The molecule has 3 heterocycles. The molecule has 2 atom stereocenters. The smallest absolute Gasteiger partial charge is 0.493 e. The molecule has 12 heteroatoms. The third-order valence-corrected chi connectivity index (χ3v) is 9.26. The summed E-state index contributed by atoms with van der Waals surface area (Å²) in [7, 11) is 8.25. The van der Waals surface area contributed by atoms with Gasteiger partial charge >= 0.3 is 6.36 Å². The van der Waals surface area contributed by atoms with Crippen LogP contribution in [0.3, 0.4) is 0 Å². The van der Waals surface area contributed by atoms with Crippen molar-refractivity contribution in [1.29, 1.82) is 0 Å². The van der Waals surface area contributed by atoms with Crippen molar-refractivity contribution < 1.29 is 42.0 Å². The SMILES string of the molecule is COc1cccc(C(c2cc3cc(N4CC5(COC5)C4)ccc3nc2OC)C(O)(CCN(C)C)c2cccc(OC(F)(F)F)c2)c1OC. The number of ether oxygens (including phenoxy) is 5. The number of aromatic nitrogens is 1. The summed E-state index contributed by atoms with van der Waals surface area (Å²) in [6, 6.07) is 18.8. The predicted octanol–water partition coefficient (Wildman–Crippen LogP) is 5.97. The number of alkyl halides is 3. The van der Waals surface area contributed by atoms with Gasteiger partial charge in [0.05, 0.1) is 51.4 Å². The molecule has 1 spiro atoms. The summed E-state index contributed by atoms with van der Waals surface area (Å²) < 4.78 is 67.3. The topological polar surface area (TPSA) is 85.8 Å². The molecular formula is C36H40F3N3O6. The van der Waals surface area contributed by atoms with E-state index in [0.717, 1.165) is 37.4 Å². The number of anilines is 1. The lowest BCUT2D eigenvalue weighted by Crippen LogP contribution is -2.66. The number of hydrogen-bond acceptors (Lipinski definition) is 9. The van der Waals surface area contributed by atoms with Crippen molar-refractivity contribution in [3.05, 3.63) is 83.4 Å². The van der Waals surface area contributed by atoms with Gasteiger partial charge in [-0.2, -0.15) is 0 Å². The normalized spacial score (nSPS) is 17.4. The molecule has 0 radical (unpaired) electrons. The average molecular weight is 668 g/mol. The molecule has 0 bridgehead atoms. The Labute approximate surface area is 277 Å². The van der Waals surface area contributed by atoms with Gasteiger partial charge in [0.15, 0.2) is 11.5 Å². The van der Waals surface area contributed by atoms with Crippen LogP contribution in [-0.2, 0) is 10.3 Å². The molecule has 2 unspecified atom stereocenters. The van der Waals surface area contributed by atoms with Crippen molar-refractivity contribution in [3.8, 4) is 23.1 Å². The van der Waals surface area contributed by atoms with E-state index in [-0.39, 0.29) is 23.3 Å².